The summed E-state index contributed by atoms with van der Waals surface area (Å²) in [6.45, 7) is 6.65. The normalized spacial score (nSPS) is 15.2. The van der Waals surface area contributed by atoms with Crippen molar-refractivity contribution in [3.05, 3.63) is 29.3 Å². The van der Waals surface area contributed by atoms with Gasteiger partial charge in [-0.25, -0.2) is 0 Å². The molecule has 0 saturated carbocycles. The molecule has 0 spiro atoms. The number of rotatable bonds is 7. The van der Waals surface area contributed by atoms with Crippen LogP contribution in [-0.4, -0.2) is 12.6 Å². The molecule has 0 bridgehead atoms. The zero-order valence-electron chi connectivity index (χ0n) is 11.8. The first-order chi connectivity index (χ1) is 8.79. The maximum atomic E-state index is 3.63. The van der Waals surface area contributed by atoms with Crippen molar-refractivity contribution in [3.8, 4) is 0 Å². The second-order valence-electron chi connectivity index (χ2n) is 5.45. The van der Waals surface area contributed by atoms with E-state index >= 15 is 0 Å². The van der Waals surface area contributed by atoms with Crippen LogP contribution in [-0.2, 0) is 13.0 Å². The minimum absolute atomic E-state index is 0.628. The van der Waals surface area contributed by atoms with Crippen LogP contribution < -0.4 is 10.6 Å². The van der Waals surface area contributed by atoms with Crippen LogP contribution in [0.15, 0.2) is 18.2 Å². The molecule has 0 radical (unpaired) electrons. The van der Waals surface area contributed by atoms with Crippen LogP contribution >= 0.6 is 0 Å². The minimum atomic E-state index is 0.628. The molecule has 1 heterocycles. The summed E-state index contributed by atoms with van der Waals surface area (Å²) in [6, 6.07) is 7.44. The molecule has 2 N–H and O–H groups in total. The van der Waals surface area contributed by atoms with Crippen LogP contribution in [0.2, 0.25) is 0 Å². The van der Waals surface area contributed by atoms with Crippen molar-refractivity contribution in [2.75, 3.05) is 11.9 Å². The predicted octanol–water partition coefficient (Wildman–Crippen LogP) is 3.71. The number of benzene rings is 1. The first-order valence-electron chi connectivity index (χ1n) is 7.38. The average Bonchev–Trinajstić information content (AvgIpc) is 2.84. The molecule has 0 aliphatic carbocycles. The molecule has 0 fully saturated rings. The van der Waals surface area contributed by atoms with Gasteiger partial charge in [-0.15, -0.1) is 0 Å². The van der Waals surface area contributed by atoms with Gasteiger partial charge in [0.1, 0.15) is 0 Å². The van der Waals surface area contributed by atoms with E-state index in [1.54, 1.807) is 0 Å². The Hall–Kier alpha value is -1.02. The maximum Gasteiger partial charge on any atom is 0.0373 e. The summed E-state index contributed by atoms with van der Waals surface area (Å²) in [5.74, 6) is 0. The number of hydrogen-bond donors (Lipinski definition) is 2. The summed E-state index contributed by atoms with van der Waals surface area (Å²) in [7, 11) is 0. The molecule has 1 aliphatic heterocycles. The first kappa shape index (κ1) is 13.4. The van der Waals surface area contributed by atoms with Crippen LogP contribution in [0.1, 0.15) is 50.7 Å². The Kier molecular flexibility index (Phi) is 5.06. The highest BCUT2D eigenvalue weighted by Gasteiger charge is 2.10. The third kappa shape index (κ3) is 3.74. The molecule has 2 rings (SSSR count). The summed E-state index contributed by atoms with van der Waals surface area (Å²) in [4.78, 5) is 0. The van der Waals surface area contributed by atoms with Crippen molar-refractivity contribution in [1.29, 1.82) is 0 Å². The standard InChI is InChI=1S/C16H26N2/c1-3-4-5-6-13(2)18-12-14-7-8-16-15(11-14)9-10-17-16/h7-8,11,13,17-18H,3-6,9-10,12H2,1-2H3. The predicted molar refractivity (Wildman–Crippen MR) is 79.1 cm³/mol. The highest BCUT2D eigenvalue weighted by molar-refractivity contribution is 5.56. The molecule has 2 heteroatoms. The van der Waals surface area contributed by atoms with E-state index in [-0.39, 0.29) is 0 Å². The Balaban J connectivity index is 1.76. The van der Waals surface area contributed by atoms with Crippen molar-refractivity contribution >= 4 is 5.69 Å². The number of hydrogen-bond acceptors (Lipinski definition) is 2. The van der Waals surface area contributed by atoms with Gasteiger partial charge in [0.15, 0.2) is 0 Å². The van der Waals surface area contributed by atoms with E-state index in [1.807, 2.05) is 0 Å². The molecule has 1 unspecified atom stereocenters. The molecular weight excluding hydrogens is 220 g/mol. The van der Waals surface area contributed by atoms with Crippen LogP contribution in [0.3, 0.4) is 0 Å². The zero-order chi connectivity index (χ0) is 12.8. The van der Waals surface area contributed by atoms with Gasteiger partial charge in [0, 0.05) is 24.8 Å². The molecular formula is C16H26N2. The molecule has 1 aliphatic rings. The van der Waals surface area contributed by atoms with Gasteiger partial charge in [0.05, 0.1) is 0 Å². The van der Waals surface area contributed by atoms with Crippen LogP contribution in [0, 0.1) is 0 Å². The van der Waals surface area contributed by atoms with Gasteiger partial charge in [0.25, 0.3) is 0 Å². The number of anilines is 1. The first-order valence-corrected chi connectivity index (χ1v) is 7.38. The number of unbranched alkanes of at least 4 members (excludes halogenated alkanes) is 2. The Bertz CT molecular complexity index is 373. The van der Waals surface area contributed by atoms with Gasteiger partial charge in [0.2, 0.25) is 0 Å². The molecule has 1 aromatic carbocycles. The van der Waals surface area contributed by atoms with Gasteiger partial charge in [-0.1, -0.05) is 38.3 Å². The lowest BCUT2D eigenvalue weighted by Crippen LogP contribution is -2.25. The third-order valence-corrected chi connectivity index (χ3v) is 3.77. The second kappa shape index (κ2) is 6.79. The maximum absolute atomic E-state index is 3.63. The highest BCUT2D eigenvalue weighted by atomic mass is 14.9. The van der Waals surface area contributed by atoms with E-state index in [0.717, 1.165) is 13.1 Å². The fourth-order valence-electron chi connectivity index (χ4n) is 2.56. The summed E-state index contributed by atoms with van der Waals surface area (Å²) in [5.41, 5.74) is 4.22. The Morgan fingerprint density at radius 2 is 2.22 bits per heavy atom. The lowest BCUT2D eigenvalue weighted by atomic mass is 10.1. The molecule has 2 nitrogen and oxygen atoms in total. The van der Waals surface area contributed by atoms with Gasteiger partial charge in [-0.3, -0.25) is 0 Å². The van der Waals surface area contributed by atoms with E-state index in [4.69, 9.17) is 0 Å². The van der Waals surface area contributed by atoms with Crippen molar-refractivity contribution < 1.29 is 0 Å². The van der Waals surface area contributed by atoms with E-state index in [1.165, 1.54) is 48.9 Å². The van der Waals surface area contributed by atoms with E-state index in [9.17, 15) is 0 Å². The summed E-state index contributed by atoms with van der Waals surface area (Å²) < 4.78 is 0. The van der Waals surface area contributed by atoms with Crippen molar-refractivity contribution in [1.82, 2.24) is 5.32 Å². The van der Waals surface area contributed by atoms with Gasteiger partial charge in [-0.2, -0.15) is 0 Å². The second-order valence-corrected chi connectivity index (χ2v) is 5.45. The van der Waals surface area contributed by atoms with Gasteiger partial charge >= 0.3 is 0 Å². The molecule has 1 atom stereocenters. The SMILES string of the molecule is CCCCCC(C)NCc1ccc2c(c1)CCN2. The summed E-state index contributed by atoms with van der Waals surface area (Å²) >= 11 is 0. The largest absolute Gasteiger partial charge is 0.384 e. The van der Waals surface area contributed by atoms with Gasteiger partial charge in [-0.05, 0) is 37.0 Å². The van der Waals surface area contributed by atoms with Crippen molar-refractivity contribution in [3.63, 3.8) is 0 Å². The molecule has 0 aromatic heterocycles. The topological polar surface area (TPSA) is 24.1 Å². The smallest absolute Gasteiger partial charge is 0.0373 e. The molecule has 0 amide bonds. The summed E-state index contributed by atoms with van der Waals surface area (Å²) in [6.07, 6.45) is 6.48. The lowest BCUT2D eigenvalue weighted by Gasteiger charge is -2.14. The molecule has 18 heavy (non-hydrogen) atoms. The van der Waals surface area contributed by atoms with Crippen molar-refractivity contribution in [2.45, 2.75) is 58.5 Å². The molecule has 1 aromatic rings. The van der Waals surface area contributed by atoms with Crippen LogP contribution in [0.25, 0.3) is 0 Å². The molecule has 0 saturated heterocycles. The van der Waals surface area contributed by atoms with E-state index < -0.39 is 0 Å². The average molecular weight is 246 g/mol. The third-order valence-electron chi connectivity index (χ3n) is 3.77. The highest BCUT2D eigenvalue weighted by Crippen LogP contribution is 2.22. The minimum Gasteiger partial charge on any atom is -0.384 e. The summed E-state index contributed by atoms with van der Waals surface area (Å²) in [5, 5.41) is 7.03. The lowest BCUT2D eigenvalue weighted by molar-refractivity contribution is 0.487. The fraction of sp³-hybridized carbons (Fsp3) is 0.625. The van der Waals surface area contributed by atoms with Gasteiger partial charge < -0.3 is 10.6 Å². The number of fused-ring (bicyclic) bond motifs is 1. The number of nitrogens with one attached hydrogen (secondary N) is 2. The van der Waals surface area contributed by atoms with Crippen LogP contribution in [0.5, 0.6) is 0 Å². The Morgan fingerprint density at radius 3 is 3.06 bits per heavy atom. The Labute approximate surface area is 111 Å². The van der Waals surface area contributed by atoms with Crippen LogP contribution in [0.4, 0.5) is 5.69 Å². The zero-order valence-corrected chi connectivity index (χ0v) is 11.8. The Morgan fingerprint density at radius 1 is 1.33 bits per heavy atom. The van der Waals surface area contributed by atoms with E-state index in [0.29, 0.717) is 6.04 Å². The van der Waals surface area contributed by atoms with E-state index in [2.05, 4.69) is 42.7 Å². The fourth-order valence-corrected chi connectivity index (χ4v) is 2.56. The molecule has 100 valence electrons. The van der Waals surface area contributed by atoms with Crippen molar-refractivity contribution in [2.24, 2.45) is 0 Å². The quantitative estimate of drug-likeness (QED) is 0.717. The monoisotopic (exact) mass is 246 g/mol.